The van der Waals surface area contributed by atoms with Crippen LogP contribution in [-0.4, -0.2) is 36.2 Å². The molecular formula is C16H19FN4O. The van der Waals surface area contributed by atoms with E-state index in [1.165, 1.54) is 0 Å². The molecule has 1 N–H and O–H groups in total. The zero-order valence-electron chi connectivity index (χ0n) is 12.4. The number of hydrogen-bond donors (Lipinski definition) is 1. The van der Waals surface area contributed by atoms with Gasteiger partial charge in [-0.25, -0.2) is 9.37 Å². The van der Waals surface area contributed by atoms with E-state index >= 15 is 0 Å². The number of carbonyl (C=O) groups is 1. The van der Waals surface area contributed by atoms with Gasteiger partial charge in [0.05, 0.1) is 6.54 Å². The fourth-order valence-electron chi connectivity index (χ4n) is 2.71. The monoisotopic (exact) mass is 302 g/mol. The standard InChI is InChI=1S/C16H19FN4O/c17-16(11-19-15(22)12-4-5-12)6-8-21(9-7-16)14-3-1-2-13(10-18)20-14/h1-3,12H,4-9,11H2,(H,19,22). The third kappa shape index (κ3) is 3.35. The lowest BCUT2D eigenvalue weighted by atomic mass is 9.93. The highest BCUT2D eigenvalue weighted by Crippen LogP contribution is 2.31. The van der Waals surface area contributed by atoms with Crippen LogP contribution in [0.4, 0.5) is 10.2 Å². The molecule has 1 saturated heterocycles. The Balaban J connectivity index is 1.54. The minimum absolute atomic E-state index is 0.0113. The number of aromatic nitrogens is 1. The molecule has 22 heavy (non-hydrogen) atoms. The molecule has 0 aromatic carbocycles. The Morgan fingerprint density at radius 2 is 2.18 bits per heavy atom. The second kappa shape index (κ2) is 5.91. The number of amides is 1. The summed E-state index contributed by atoms with van der Waals surface area (Å²) in [4.78, 5) is 17.8. The Kier molecular flexibility index (Phi) is 3.97. The summed E-state index contributed by atoms with van der Waals surface area (Å²) in [6.45, 7) is 1.18. The van der Waals surface area contributed by atoms with Gasteiger partial charge in [0.2, 0.25) is 5.91 Å². The molecule has 0 unspecified atom stereocenters. The summed E-state index contributed by atoms with van der Waals surface area (Å²) in [6.07, 6.45) is 2.58. The van der Waals surface area contributed by atoms with E-state index < -0.39 is 5.67 Å². The second-order valence-corrected chi connectivity index (χ2v) is 6.12. The Morgan fingerprint density at radius 3 is 2.82 bits per heavy atom. The molecule has 6 heteroatoms. The van der Waals surface area contributed by atoms with Crippen LogP contribution < -0.4 is 10.2 Å². The number of hydrogen-bond acceptors (Lipinski definition) is 4. The van der Waals surface area contributed by atoms with E-state index in [2.05, 4.69) is 10.3 Å². The number of piperidine rings is 1. The maximum Gasteiger partial charge on any atom is 0.223 e. The van der Waals surface area contributed by atoms with Gasteiger partial charge in [0, 0.05) is 31.8 Å². The molecule has 0 bridgehead atoms. The van der Waals surface area contributed by atoms with Crippen LogP contribution in [0.1, 0.15) is 31.4 Å². The van der Waals surface area contributed by atoms with Crippen molar-refractivity contribution >= 4 is 11.7 Å². The quantitative estimate of drug-likeness (QED) is 0.920. The van der Waals surface area contributed by atoms with Crippen LogP contribution >= 0.6 is 0 Å². The highest BCUT2D eigenvalue weighted by Gasteiger charge is 2.37. The number of alkyl halides is 1. The Hall–Kier alpha value is -2.16. The van der Waals surface area contributed by atoms with E-state index in [0.717, 1.165) is 12.8 Å². The smallest absolute Gasteiger partial charge is 0.223 e. The molecule has 1 aliphatic carbocycles. The second-order valence-electron chi connectivity index (χ2n) is 6.12. The third-order valence-corrected chi connectivity index (χ3v) is 4.36. The van der Waals surface area contributed by atoms with Crippen molar-refractivity contribution in [3.63, 3.8) is 0 Å². The van der Waals surface area contributed by atoms with Crippen LogP contribution in [0.3, 0.4) is 0 Å². The molecule has 2 heterocycles. The molecule has 1 saturated carbocycles. The lowest BCUT2D eigenvalue weighted by Gasteiger charge is -2.37. The van der Waals surface area contributed by atoms with Crippen molar-refractivity contribution in [3.05, 3.63) is 23.9 Å². The summed E-state index contributed by atoms with van der Waals surface area (Å²) in [5.74, 6) is 0.813. The van der Waals surface area contributed by atoms with Gasteiger partial charge in [-0.05, 0) is 25.0 Å². The predicted octanol–water partition coefficient (Wildman–Crippen LogP) is 1.79. The number of halogens is 1. The minimum atomic E-state index is -1.34. The maximum absolute atomic E-state index is 14.7. The van der Waals surface area contributed by atoms with Gasteiger partial charge in [0.1, 0.15) is 23.2 Å². The Bertz CT molecular complexity index is 600. The first-order chi connectivity index (χ1) is 10.6. The highest BCUT2D eigenvalue weighted by atomic mass is 19.1. The lowest BCUT2D eigenvalue weighted by Crippen LogP contribution is -2.48. The van der Waals surface area contributed by atoms with Crippen molar-refractivity contribution in [2.24, 2.45) is 5.92 Å². The van der Waals surface area contributed by atoms with Crippen molar-refractivity contribution < 1.29 is 9.18 Å². The van der Waals surface area contributed by atoms with Crippen LogP contribution in [-0.2, 0) is 4.79 Å². The highest BCUT2D eigenvalue weighted by molar-refractivity contribution is 5.80. The summed E-state index contributed by atoms with van der Waals surface area (Å²) >= 11 is 0. The summed E-state index contributed by atoms with van der Waals surface area (Å²) in [7, 11) is 0. The molecule has 5 nitrogen and oxygen atoms in total. The summed E-state index contributed by atoms with van der Waals surface area (Å²) in [6, 6.07) is 7.29. The molecule has 0 radical (unpaired) electrons. The van der Waals surface area contributed by atoms with E-state index in [0.29, 0.717) is 37.4 Å². The van der Waals surface area contributed by atoms with Gasteiger partial charge >= 0.3 is 0 Å². The molecule has 1 aromatic heterocycles. The van der Waals surface area contributed by atoms with Crippen LogP contribution in [0.5, 0.6) is 0 Å². The molecule has 1 amide bonds. The average Bonchev–Trinajstić information content (AvgIpc) is 3.38. The van der Waals surface area contributed by atoms with Crippen molar-refractivity contribution in [1.82, 2.24) is 10.3 Å². The van der Waals surface area contributed by atoms with Crippen molar-refractivity contribution in [2.45, 2.75) is 31.4 Å². The van der Waals surface area contributed by atoms with Gasteiger partial charge in [-0.2, -0.15) is 5.26 Å². The molecule has 0 atom stereocenters. The lowest BCUT2D eigenvalue weighted by molar-refractivity contribution is -0.123. The molecule has 116 valence electrons. The Morgan fingerprint density at radius 1 is 1.45 bits per heavy atom. The van der Waals surface area contributed by atoms with Crippen LogP contribution in [0, 0.1) is 17.2 Å². The zero-order chi connectivity index (χ0) is 15.6. The van der Waals surface area contributed by atoms with Gasteiger partial charge in [-0.3, -0.25) is 4.79 Å². The van der Waals surface area contributed by atoms with Crippen molar-refractivity contribution in [1.29, 1.82) is 5.26 Å². The molecule has 3 rings (SSSR count). The first-order valence-electron chi connectivity index (χ1n) is 7.68. The minimum Gasteiger partial charge on any atom is -0.356 e. The number of carbonyl (C=O) groups excluding carboxylic acids is 1. The summed E-state index contributed by atoms with van der Waals surface area (Å²) in [5, 5.41) is 11.6. The van der Waals surface area contributed by atoms with Crippen molar-refractivity contribution in [2.75, 3.05) is 24.5 Å². The van der Waals surface area contributed by atoms with Gasteiger partial charge < -0.3 is 10.2 Å². The topological polar surface area (TPSA) is 69.0 Å². The summed E-state index contributed by atoms with van der Waals surface area (Å²) < 4.78 is 14.7. The van der Waals surface area contributed by atoms with E-state index in [9.17, 15) is 9.18 Å². The first kappa shape index (κ1) is 14.8. The fraction of sp³-hybridized carbons (Fsp3) is 0.562. The van der Waals surface area contributed by atoms with Gasteiger partial charge in [0.15, 0.2) is 0 Å². The van der Waals surface area contributed by atoms with Crippen molar-refractivity contribution in [3.8, 4) is 6.07 Å². The van der Waals surface area contributed by atoms with Gasteiger partial charge in [0.25, 0.3) is 0 Å². The normalized spacial score (nSPS) is 20.3. The van der Waals surface area contributed by atoms with E-state index in [-0.39, 0.29) is 18.4 Å². The maximum atomic E-state index is 14.7. The molecule has 2 aliphatic rings. The number of nitrogens with one attached hydrogen (secondary N) is 1. The third-order valence-electron chi connectivity index (χ3n) is 4.36. The largest absolute Gasteiger partial charge is 0.356 e. The summed E-state index contributed by atoms with van der Waals surface area (Å²) in [5.41, 5.74) is -0.972. The van der Waals surface area contributed by atoms with Crippen LogP contribution in [0.25, 0.3) is 0 Å². The van der Waals surface area contributed by atoms with E-state index in [1.54, 1.807) is 12.1 Å². The van der Waals surface area contributed by atoms with E-state index in [4.69, 9.17) is 5.26 Å². The average molecular weight is 302 g/mol. The predicted molar refractivity (Wildman–Crippen MR) is 80.0 cm³/mol. The number of anilines is 1. The number of nitriles is 1. The Labute approximate surface area is 129 Å². The van der Waals surface area contributed by atoms with Gasteiger partial charge in [-0.1, -0.05) is 6.07 Å². The molecule has 1 aliphatic heterocycles. The molecule has 0 spiro atoms. The van der Waals surface area contributed by atoms with E-state index in [1.807, 2.05) is 17.0 Å². The SMILES string of the molecule is N#Cc1cccc(N2CCC(F)(CNC(=O)C3CC3)CC2)n1. The number of rotatable bonds is 4. The fourth-order valence-corrected chi connectivity index (χ4v) is 2.71. The molecule has 2 fully saturated rings. The van der Waals surface area contributed by atoms with Crippen LogP contribution in [0.2, 0.25) is 0 Å². The number of pyridine rings is 1. The van der Waals surface area contributed by atoms with Gasteiger partial charge in [-0.15, -0.1) is 0 Å². The number of nitrogens with zero attached hydrogens (tertiary/aromatic N) is 3. The zero-order valence-corrected chi connectivity index (χ0v) is 12.4. The molecule has 1 aromatic rings. The first-order valence-corrected chi connectivity index (χ1v) is 7.68. The van der Waals surface area contributed by atoms with Crippen LogP contribution in [0.15, 0.2) is 18.2 Å². The molecular weight excluding hydrogens is 283 g/mol.